The second-order valence-corrected chi connectivity index (χ2v) is 6.37. The zero-order chi connectivity index (χ0) is 18.5. The number of rotatable bonds is 5. The summed E-state index contributed by atoms with van der Waals surface area (Å²) in [6.07, 6.45) is 2.60. The van der Waals surface area contributed by atoms with Crippen molar-refractivity contribution >= 4 is 23.4 Å². The van der Waals surface area contributed by atoms with E-state index in [1.807, 2.05) is 23.1 Å². The third-order valence-electron chi connectivity index (χ3n) is 4.41. The lowest BCUT2D eigenvalue weighted by molar-refractivity contribution is -0.133. The van der Waals surface area contributed by atoms with Gasteiger partial charge in [-0.15, -0.1) is 0 Å². The average Bonchev–Trinajstić information content (AvgIpc) is 2.64. The number of piperidine rings is 1. The molecule has 0 saturated carbocycles. The molecule has 26 heavy (non-hydrogen) atoms. The van der Waals surface area contributed by atoms with Crippen molar-refractivity contribution in [3.05, 3.63) is 65.2 Å². The van der Waals surface area contributed by atoms with Gasteiger partial charge in [-0.2, -0.15) is 0 Å². The van der Waals surface area contributed by atoms with Gasteiger partial charge < -0.3 is 16.0 Å². The number of amides is 3. The highest BCUT2D eigenvalue weighted by Crippen LogP contribution is 2.18. The molecule has 0 aliphatic carbocycles. The van der Waals surface area contributed by atoms with Crippen molar-refractivity contribution in [2.24, 2.45) is 5.73 Å². The molecular formula is C20H21N3O3. The van der Waals surface area contributed by atoms with Crippen molar-refractivity contribution in [3.63, 3.8) is 0 Å². The van der Waals surface area contributed by atoms with Crippen LogP contribution in [0, 0.1) is 0 Å². The molecule has 3 rings (SSSR count). The number of hydrogen-bond acceptors (Lipinski definition) is 3. The van der Waals surface area contributed by atoms with Crippen molar-refractivity contribution in [2.45, 2.75) is 25.8 Å². The van der Waals surface area contributed by atoms with Gasteiger partial charge in [-0.05, 0) is 54.8 Å². The predicted octanol–water partition coefficient (Wildman–Crippen LogP) is 2.55. The molecule has 0 atom stereocenters. The summed E-state index contributed by atoms with van der Waals surface area (Å²) >= 11 is 0. The number of carbonyl (C=O) groups excluding carboxylic acids is 3. The van der Waals surface area contributed by atoms with Crippen LogP contribution in [0.25, 0.3) is 0 Å². The average molecular weight is 351 g/mol. The van der Waals surface area contributed by atoms with Crippen LogP contribution in [0.15, 0.2) is 48.5 Å². The van der Waals surface area contributed by atoms with Gasteiger partial charge in [0, 0.05) is 36.3 Å². The maximum absolute atomic E-state index is 12.4. The molecule has 1 aliphatic rings. The molecule has 1 aliphatic heterocycles. The third kappa shape index (κ3) is 4.27. The van der Waals surface area contributed by atoms with Crippen LogP contribution in [-0.4, -0.2) is 29.2 Å². The second kappa shape index (κ2) is 7.82. The number of benzene rings is 2. The molecule has 6 nitrogen and oxygen atoms in total. The Labute approximate surface area is 152 Å². The Morgan fingerprint density at radius 1 is 1.04 bits per heavy atom. The first-order chi connectivity index (χ1) is 12.5. The van der Waals surface area contributed by atoms with Crippen LogP contribution in [0.5, 0.6) is 0 Å². The number of carbonyl (C=O) groups is 3. The van der Waals surface area contributed by atoms with Crippen molar-refractivity contribution in [2.75, 3.05) is 11.9 Å². The van der Waals surface area contributed by atoms with Crippen LogP contribution in [0.2, 0.25) is 0 Å². The van der Waals surface area contributed by atoms with Crippen LogP contribution in [-0.2, 0) is 11.3 Å². The van der Waals surface area contributed by atoms with E-state index >= 15 is 0 Å². The Hall–Kier alpha value is -3.15. The first kappa shape index (κ1) is 17.7. The van der Waals surface area contributed by atoms with Gasteiger partial charge in [0.25, 0.3) is 5.91 Å². The normalized spacial score (nSPS) is 14.2. The third-order valence-corrected chi connectivity index (χ3v) is 4.41. The fourth-order valence-electron chi connectivity index (χ4n) is 2.99. The monoisotopic (exact) mass is 351 g/mol. The molecule has 0 radical (unpaired) electrons. The van der Waals surface area contributed by atoms with Gasteiger partial charge in [-0.3, -0.25) is 14.4 Å². The highest BCUT2D eigenvalue weighted by atomic mass is 16.2. The van der Waals surface area contributed by atoms with E-state index in [2.05, 4.69) is 5.32 Å². The first-order valence-corrected chi connectivity index (χ1v) is 8.61. The van der Waals surface area contributed by atoms with Crippen molar-refractivity contribution < 1.29 is 14.4 Å². The molecule has 1 heterocycles. The first-order valence-electron chi connectivity index (χ1n) is 8.61. The van der Waals surface area contributed by atoms with E-state index in [0.29, 0.717) is 29.8 Å². The van der Waals surface area contributed by atoms with Crippen molar-refractivity contribution in [3.8, 4) is 0 Å². The highest BCUT2D eigenvalue weighted by molar-refractivity contribution is 6.05. The van der Waals surface area contributed by atoms with Gasteiger partial charge in [0.2, 0.25) is 11.8 Å². The Bertz CT molecular complexity index is 830. The predicted molar refractivity (Wildman–Crippen MR) is 98.6 cm³/mol. The van der Waals surface area contributed by atoms with Gasteiger partial charge in [-0.25, -0.2) is 0 Å². The van der Waals surface area contributed by atoms with Crippen molar-refractivity contribution in [1.29, 1.82) is 0 Å². The molecule has 2 aromatic rings. The number of nitrogens with two attached hydrogens (primary N) is 1. The zero-order valence-corrected chi connectivity index (χ0v) is 14.4. The fourth-order valence-corrected chi connectivity index (χ4v) is 2.99. The lowest BCUT2D eigenvalue weighted by Crippen LogP contribution is -2.34. The molecule has 0 bridgehead atoms. The SMILES string of the molecule is NC(=O)c1ccc(C(=O)Nc2cccc(CN3CCCCC3=O)c2)cc1. The molecule has 1 fully saturated rings. The topological polar surface area (TPSA) is 92.5 Å². The van der Waals surface area contributed by atoms with Crippen LogP contribution in [0.1, 0.15) is 45.5 Å². The molecule has 3 amide bonds. The molecule has 0 unspecified atom stereocenters. The lowest BCUT2D eigenvalue weighted by atomic mass is 10.1. The van der Waals surface area contributed by atoms with E-state index in [1.54, 1.807) is 18.2 Å². The number of nitrogens with one attached hydrogen (secondary N) is 1. The summed E-state index contributed by atoms with van der Waals surface area (Å²) in [5.41, 5.74) is 7.63. The molecule has 2 aromatic carbocycles. The minimum Gasteiger partial charge on any atom is -0.366 e. The smallest absolute Gasteiger partial charge is 0.255 e. The number of likely N-dealkylation sites (tertiary alicyclic amines) is 1. The number of hydrogen-bond donors (Lipinski definition) is 2. The van der Waals surface area contributed by atoms with Crippen LogP contribution in [0.4, 0.5) is 5.69 Å². The largest absolute Gasteiger partial charge is 0.366 e. The van der Waals surface area contributed by atoms with Gasteiger partial charge in [-0.1, -0.05) is 12.1 Å². The van der Waals surface area contributed by atoms with Gasteiger partial charge >= 0.3 is 0 Å². The van der Waals surface area contributed by atoms with Gasteiger partial charge in [0.05, 0.1) is 0 Å². The fraction of sp³-hybridized carbons (Fsp3) is 0.250. The Balaban J connectivity index is 1.67. The summed E-state index contributed by atoms with van der Waals surface area (Å²) < 4.78 is 0. The van der Waals surface area contributed by atoms with Crippen molar-refractivity contribution in [1.82, 2.24) is 4.90 Å². The second-order valence-electron chi connectivity index (χ2n) is 6.37. The Kier molecular flexibility index (Phi) is 5.31. The summed E-state index contributed by atoms with van der Waals surface area (Å²) in [4.78, 5) is 37.2. The van der Waals surface area contributed by atoms with E-state index in [-0.39, 0.29) is 11.8 Å². The minimum atomic E-state index is -0.531. The summed E-state index contributed by atoms with van der Waals surface area (Å²) in [6.45, 7) is 1.33. The van der Waals surface area contributed by atoms with Crippen LogP contribution in [0.3, 0.4) is 0 Å². The van der Waals surface area contributed by atoms with E-state index in [9.17, 15) is 14.4 Å². The molecule has 0 aromatic heterocycles. The molecule has 1 saturated heterocycles. The number of nitrogens with zero attached hydrogens (tertiary/aromatic N) is 1. The summed E-state index contributed by atoms with van der Waals surface area (Å²) in [5.74, 6) is -0.621. The van der Waals surface area contributed by atoms with Gasteiger partial charge in [0.1, 0.15) is 0 Å². The molecule has 3 N–H and O–H groups in total. The molecular weight excluding hydrogens is 330 g/mol. The quantitative estimate of drug-likeness (QED) is 0.867. The number of anilines is 1. The summed E-state index contributed by atoms with van der Waals surface area (Å²) in [7, 11) is 0. The van der Waals surface area contributed by atoms with E-state index in [0.717, 1.165) is 24.9 Å². The van der Waals surface area contributed by atoms with Crippen LogP contribution >= 0.6 is 0 Å². The number of primary amides is 1. The zero-order valence-electron chi connectivity index (χ0n) is 14.4. The summed E-state index contributed by atoms with van der Waals surface area (Å²) in [5, 5.41) is 2.84. The van der Waals surface area contributed by atoms with Crippen LogP contribution < -0.4 is 11.1 Å². The Morgan fingerprint density at radius 3 is 2.46 bits per heavy atom. The van der Waals surface area contributed by atoms with Gasteiger partial charge in [0.15, 0.2) is 0 Å². The Morgan fingerprint density at radius 2 is 1.77 bits per heavy atom. The highest BCUT2D eigenvalue weighted by Gasteiger charge is 2.18. The maximum atomic E-state index is 12.4. The molecule has 6 heteroatoms. The minimum absolute atomic E-state index is 0.181. The molecule has 134 valence electrons. The molecule has 0 spiro atoms. The lowest BCUT2D eigenvalue weighted by Gasteiger charge is -2.26. The summed E-state index contributed by atoms with van der Waals surface area (Å²) in [6, 6.07) is 13.6. The van der Waals surface area contributed by atoms with E-state index in [4.69, 9.17) is 5.73 Å². The van der Waals surface area contributed by atoms with E-state index < -0.39 is 5.91 Å². The maximum Gasteiger partial charge on any atom is 0.255 e. The van der Waals surface area contributed by atoms with E-state index in [1.165, 1.54) is 12.1 Å². The standard InChI is InChI=1S/C20H21N3O3/c21-19(25)15-7-9-16(10-8-15)20(26)22-17-5-3-4-14(12-17)13-23-11-2-1-6-18(23)24/h3-5,7-10,12H,1-2,6,11,13H2,(H2,21,25)(H,22,26).